The van der Waals surface area contributed by atoms with Gasteiger partial charge in [0.25, 0.3) is 0 Å². The molecule has 0 bridgehead atoms. The number of carbonyl (C=O) groups is 1. The zero-order valence-corrected chi connectivity index (χ0v) is 44.7. The Hall–Kier alpha value is -3.41. The van der Waals surface area contributed by atoms with Gasteiger partial charge in [0.15, 0.2) is 6.29 Å². The summed E-state index contributed by atoms with van der Waals surface area (Å²) in [6.07, 6.45) is 68.2. The standard InChI is InChI=1S/C62H103NO8/c1-3-5-7-9-11-13-15-17-19-21-22-23-24-25-26-27-28-29-30-31-32-33-34-36-38-40-42-44-46-48-50-52-58(66)63-55(54-70-62-61(69)60(68)59(67)57(53-64)71-62)56(65)51-49-47-45-43-41-39-37-35-20-18-16-14-12-10-8-6-4-2/h5,7,11,13,17,19,22-23,25-26,28-29,31-32,34,36,40,42,49,51,55-57,59-62,64-65,67-69H,3-4,6,8-10,12,14-16,18,20-21,24,27,30,33,35,37-39,41,43-48,50,52-54H2,1-2H3,(H,63,66)/b7-5-,13-11-,19-17-,23-22-,26-25-,29-28-,32-31-,36-34-,42-40-,51-49+. The number of aliphatic hydroxyl groups excluding tert-OH is 5. The highest BCUT2D eigenvalue weighted by molar-refractivity contribution is 5.76. The van der Waals surface area contributed by atoms with Gasteiger partial charge in [-0.25, -0.2) is 0 Å². The quantitative estimate of drug-likeness (QED) is 0.0261. The lowest BCUT2D eigenvalue weighted by Gasteiger charge is -2.40. The number of ether oxygens (including phenoxy) is 2. The molecule has 1 saturated heterocycles. The minimum absolute atomic E-state index is 0.210. The van der Waals surface area contributed by atoms with E-state index < -0.39 is 49.5 Å². The summed E-state index contributed by atoms with van der Waals surface area (Å²) in [5.41, 5.74) is 0. The molecule has 9 heteroatoms. The van der Waals surface area contributed by atoms with Crippen LogP contribution in [-0.2, 0) is 14.3 Å². The van der Waals surface area contributed by atoms with Crippen LogP contribution >= 0.6 is 0 Å². The van der Waals surface area contributed by atoms with Crippen LogP contribution < -0.4 is 5.32 Å². The van der Waals surface area contributed by atoms with E-state index in [1.54, 1.807) is 6.08 Å². The predicted octanol–water partition coefficient (Wildman–Crippen LogP) is 14.0. The number of hydrogen-bond donors (Lipinski definition) is 6. The van der Waals surface area contributed by atoms with Crippen LogP contribution in [0.25, 0.3) is 0 Å². The zero-order valence-electron chi connectivity index (χ0n) is 44.7. The maximum absolute atomic E-state index is 13.0. The first kappa shape index (κ1) is 65.6. The Morgan fingerprint density at radius 2 is 0.873 bits per heavy atom. The molecule has 7 unspecified atom stereocenters. The van der Waals surface area contributed by atoms with Gasteiger partial charge >= 0.3 is 0 Å². The van der Waals surface area contributed by atoms with E-state index >= 15 is 0 Å². The van der Waals surface area contributed by atoms with E-state index in [1.807, 2.05) is 6.08 Å². The lowest BCUT2D eigenvalue weighted by molar-refractivity contribution is -0.302. The first-order chi connectivity index (χ1) is 34.8. The molecule has 0 aromatic carbocycles. The van der Waals surface area contributed by atoms with Crippen molar-refractivity contribution in [1.29, 1.82) is 0 Å². The molecule has 404 valence electrons. The van der Waals surface area contributed by atoms with E-state index in [0.29, 0.717) is 12.8 Å². The molecule has 9 nitrogen and oxygen atoms in total. The molecule has 1 aliphatic rings. The van der Waals surface area contributed by atoms with E-state index in [-0.39, 0.29) is 12.5 Å². The third-order valence-corrected chi connectivity index (χ3v) is 12.5. The second-order valence-electron chi connectivity index (χ2n) is 19.0. The summed E-state index contributed by atoms with van der Waals surface area (Å²) in [6.45, 7) is 3.64. The Balaban J connectivity index is 2.29. The molecule has 1 heterocycles. The fourth-order valence-electron chi connectivity index (χ4n) is 8.09. The average molecular weight is 991 g/mol. The molecule has 1 fully saturated rings. The normalized spacial score (nSPS) is 20.2. The second kappa shape index (κ2) is 50.1. The molecule has 6 N–H and O–H groups in total. The number of amides is 1. The number of aliphatic hydroxyl groups is 5. The highest BCUT2D eigenvalue weighted by Crippen LogP contribution is 2.23. The number of hydrogen-bond acceptors (Lipinski definition) is 8. The van der Waals surface area contributed by atoms with Gasteiger partial charge in [0.05, 0.1) is 25.4 Å². The summed E-state index contributed by atoms with van der Waals surface area (Å²) in [5, 5.41) is 54.4. The van der Waals surface area contributed by atoms with Gasteiger partial charge in [0.1, 0.15) is 24.4 Å². The topological polar surface area (TPSA) is 149 Å². The van der Waals surface area contributed by atoms with Crippen LogP contribution in [0.15, 0.2) is 122 Å². The van der Waals surface area contributed by atoms with Crippen molar-refractivity contribution in [3.8, 4) is 0 Å². The molecule has 1 rings (SSSR count). The molecule has 0 aromatic heterocycles. The van der Waals surface area contributed by atoms with E-state index in [4.69, 9.17) is 9.47 Å². The summed E-state index contributed by atoms with van der Waals surface area (Å²) >= 11 is 0. The van der Waals surface area contributed by atoms with Gasteiger partial charge < -0.3 is 40.3 Å². The second-order valence-corrected chi connectivity index (χ2v) is 19.0. The number of carbonyl (C=O) groups excluding carboxylic acids is 1. The van der Waals surface area contributed by atoms with E-state index in [1.165, 1.54) is 83.5 Å². The molecule has 0 saturated carbocycles. The van der Waals surface area contributed by atoms with E-state index in [9.17, 15) is 30.3 Å². The van der Waals surface area contributed by atoms with Crippen molar-refractivity contribution < 1.29 is 39.8 Å². The molecular weight excluding hydrogens is 887 g/mol. The monoisotopic (exact) mass is 990 g/mol. The molecule has 7 atom stereocenters. The summed E-state index contributed by atoms with van der Waals surface area (Å²) in [7, 11) is 0. The first-order valence-corrected chi connectivity index (χ1v) is 28.3. The molecule has 0 spiro atoms. The van der Waals surface area contributed by atoms with Crippen molar-refractivity contribution in [1.82, 2.24) is 5.32 Å². The van der Waals surface area contributed by atoms with Gasteiger partial charge in [-0.2, -0.15) is 0 Å². The molecule has 0 aromatic rings. The lowest BCUT2D eigenvalue weighted by atomic mass is 9.99. The van der Waals surface area contributed by atoms with Crippen LogP contribution in [0.4, 0.5) is 0 Å². The van der Waals surface area contributed by atoms with Gasteiger partial charge in [0, 0.05) is 6.42 Å². The van der Waals surface area contributed by atoms with E-state index in [2.05, 4.69) is 129 Å². The van der Waals surface area contributed by atoms with Crippen LogP contribution in [0.1, 0.15) is 206 Å². The van der Waals surface area contributed by atoms with Crippen LogP contribution in [0, 0.1) is 0 Å². The van der Waals surface area contributed by atoms with Crippen molar-refractivity contribution in [3.63, 3.8) is 0 Å². The number of unbranched alkanes of at least 4 members (excludes halogenated alkanes) is 18. The van der Waals surface area contributed by atoms with Crippen molar-refractivity contribution in [2.24, 2.45) is 0 Å². The zero-order chi connectivity index (χ0) is 51.5. The van der Waals surface area contributed by atoms with Crippen molar-refractivity contribution in [2.45, 2.75) is 249 Å². The molecule has 0 radical (unpaired) electrons. The van der Waals surface area contributed by atoms with Gasteiger partial charge in [-0.15, -0.1) is 0 Å². The Bertz CT molecular complexity index is 1520. The van der Waals surface area contributed by atoms with Crippen molar-refractivity contribution in [3.05, 3.63) is 122 Å². The summed E-state index contributed by atoms with van der Waals surface area (Å²) in [4.78, 5) is 13.0. The summed E-state index contributed by atoms with van der Waals surface area (Å²) in [6, 6.07) is -0.832. The fourth-order valence-corrected chi connectivity index (χ4v) is 8.09. The van der Waals surface area contributed by atoms with Crippen LogP contribution in [-0.4, -0.2) is 87.5 Å². The average Bonchev–Trinajstić information content (AvgIpc) is 3.37. The van der Waals surface area contributed by atoms with E-state index in [0.717, 1.165) is 96.3 Å². The Kier molecular flexibility index (Phi) is 46.3. The third kappa shape index (κ3) is 39.8. The third-order valence-electron chi connectivity index (χ3n) is 12.5. The van der Waals surface area contributed by atoms with Crippen molar-refractivity contribution >= 4 is 5.91 Å². The van der Waals surface area contributed by atoms with Crippen LogP contribution in [0.5, 0.6) is 0 Å². The SMILES string of the molecule is CC/C=C\C/C=C\C/C=C\C/C=C\C/C=C\C/C=C\C/C=C\C/C=C\C/C=C\CCCCCC(=O)NC(COC1OC(CO)C(O)C(O)C1O)C(O)/C=C/CCCCCCCCCCCCCCCCC. The van der Waals surface area contributed by atoms with Gasteiger partial charge in [0.2, 0.25) is 5.91 Å². The maximum atomic E-state index is 13.0. The fraction of sp³-hybridized carbons (Fsp3) is 0.661. The minimum atomic E-state index is -1.58. The van der Waals surface area contributed by atoms with Gasteiger partial charge in [-0.05, 0) is 89.9 Å². The maximum Gasteiger partial charge on any atom is 0.220 e. The number of rotatable bonds is 46. The molecule has 1 amide bonds. The first-order valence-electron chi connectivity index (χ1n) is 28.3. The summed E-state index contributed by atoms with van der Waals surface area (Å²) in [5.74, 6) is -0.214. The highest BCUT2D eigenvalue weighted by atomic mass is 16.7. The van der Waals surface area contributed by atoms with Gasteiger partial charge in [-0.1, -0.05) is 232 Å². The number of allylic oxidation sites excluding steroid dienone is 19. The molecule has 0 aliphatic carbocycles. The summed E-state index contributed by atoms with van der Waals surface area (Å²) < 4.78 is 11.2. The predicted molar refractivity (Wildman–Crippen MR) is 299 cm³/mol. The molecular formula is C62H103NO8. The van der Waals surface area contributed by atoms with Crippen LogP contribution in [0.3, 0.4) is 0 Å². The highest BCUT2D eigenvalue weighted by Gasteiger charge is 2.44. The van der Waals surface area contributed by atoms with Gasteiger partial charge in [-0.3, -0.25) is 4.79 Å². The largest absolute Gasteiger partial charge is 0.394 e. The van der Waals surface area contributed by atoms with Crippen LogP contribution in [0.2, 0.25) is 0 Å². The minimum Gasteiger partial charge on any atom is -0.394 e. The van der Waals surface area contributed by atoms with Crippen molar-refractivity contribution in [2.75, 3.05) is 13.2 Å². The Morgan fingerprint density at radius 3 is 1.30 bits per heavy atom. The smallest absolute Gasteiger partial charge is 0.220 e. The Labute approximate surface area is 433 Å². The molecule has 1 aliphatic heterocycles. The number of nitrogens with one attached hydrogen (secondary N) is 1. The Morgan fingerprint density at radius 1 is 0.493 bits per heavy atom. The molecule has 71 heavy (non-hydrogen) atoms. The lowest BCUT2D eigenvalue weighted by Crippen LogP contribution is -2.60.